The molecule has 0 saturated heterocycles. The number of benzene rings is 2. The highest BCUT2D eigenvalue weighted by molar-refractivity contribution is 5.91. The largest absolute Gasteiger partial charge is 0.508 e. The number of carbonyl (C=O) groups excluding carboxylic acids is 3. The van der Waals surface area contributed by atoms with Gasteiger partial charge in [-0.05, 0) is 170 Å². The minimum absolute atomic E-state index is 0.00971. The van der Waals surface area contributed by atoms with E-state index in [2.05, 4.69) is 45.9 Å². The van der Waals surface area contributed by atoms with Crippen LogP contribution in [-0.4, -0.2) is 45.1 Å². The van der Waals surface area contributed by atoms with E-state index in [-0.39, 0.29) is 22.4 Å². The second-order valence-electron chi connectivity index (χ2n) is 18.1. The Morgan fingerprint density at radius 3 is 1.55 bits per heavy atom. The normalized spacial score (nSPS) is 35.9. The summed E-state index contributed by atoms with van der Waals surface area (Å²) in [5.74, 6) is 2.22. The number of aliphatic hydroxyl groups is 1. The topological polar surface area (TPSA) is 121 Å². The highest BCUT2D eigenvalue weighted by Gasteiger charge is 2.63. The highest BCUT2D eigenvalue weighted by atomic mass is 16.5. The number of aromatic hydroxyl groups is 2. The molecule has 0 unspecified atom stereocenters. The first-order valence-corrected chi connectivity index (χ1v) is 19.9. The monoisotopic (exact) mass is 722 g/mol. The fraction of sp³-hybridized carbons (Fsp3) is 0.587. The molecule has 0 aromatic heterocycles. The summed E-state index contributed by atoms with van der Waals surface area (Å²) in [6, 6.07) is 11.5. The molecule has 10 atom stereocenters. The molecule has 2 fully saturated rings. The van der Waals surface area contributed by atoms with Crippen LogP contribution in [0.2, 0.25) is 0 Å². The van der Waals surface area contributed by atoms with Crippen molar-refractivity contribution in [1.29, 1.82) is 0 Å². The molecule has 7 heteroatoms. The smallest absolute Gasteiger partial charge is 0.303 e. The van der Waals surface area contributed by atoms with Crippen molar-refractivity contribution in [3.8, 4) is 11.5 Å². The number of hydrogen-bond acceptors (Lipinski definition) is 7. The number of aryl methyl sites for hydroxylation is 2. The van der Waals surface area contributed by atoms with E-state index in [0.717, 1.165) is 64.2 Å². The van der Waals surface area contributed by atoms with Crippen molar-refractivity contribution in [3.63, 3.8) is 0 Å². The van der Waals surface area contributed by atoms with Gasteiger partial charge in [0.2, 0.25) is 0 Å². The Kier molecular flexibility index (Phi) is 9.40. The van der Waals surface area contributed by atoms with Crippen LogP contribution in [0, 0.1) is 45.3 Å². The maximum absolute atomic E-state index is 13.3. The molecule has 2 saturated carbocycles. The van der Waals surface area contributed by atoms with Crippen molar-refractivity contribution < 1.29 is 34.4 Å². The number of fused-ring (bicyclic) bond motifs is 10. The summed E-state index contributed by atoms with van der Waals surface area (Å²) in [5, 5.41) is 29.6. The van der Waals surface area contributed by atoms with Crippen LogP contribution in [0.25, 0.3) is 11.1 Å². The zero-order chi connectivity index (χ0) is 38.2. The molecule has 284 valence electrons. The number of esters is 1. The van der Waals surface area contributed by atoms with Crippen LogP contribution in [0.4, 0.5) is 0 Å². The fourth-order valence-electron chi connectivity index (χ4n) is 12.5. The van der Waals surface area contributed by atoms with Gasteiger partial charge in [0, 0.05) is 17.8 Å². The number of carbonyl (C=O) groups is 3. The van der Waals surface area contributed by atoms with E-state index >= 15 is 0 Å². The van der Waals surface area contributed by atoms with Crippen LogP contribution in [-0.2, 0) is 32.0 Å². The molecular formula is C46H58O7. The number of allylic oxidation sites excluding steroid dienone is 4. The SMILES string of the molecule is CC(=O)O[C@H](C)C(=O)[C@@]1(C)CC[C@H]2[C@@H]3CCc4cc(O)ccc4C3=CC[C@@]21C.C[C@H](O)C(=O)[C@@]1(C)CC[C@H]2[C@@H]3CCc4cc(O)ccc4C3=CC[C@@]21C. The molecule has 0 radical (unpaired) electrons. The average Bonchev–Trinajstić information content (AvgIpc) is 3.56. The van der Waals surface area contributed by atoms with Crippen molar-refractivity contribution in [2.45, 2.75) is 125 Å². The number of rotatable bonds is 5. The number of aliphatic hydroxyl groups excluding tert-OH is 1. The standard InChI is InChI=1S/C24H30O4.C22H28O3/c1-14(28-15(2)25)22(27)24(4)12-10-21-20-7-5-16-13-17(26)6-8-18(16)19(20)9-11-23(21,24)3;1-13(23)20(25)22(3)11-9-19-18-6-4-14-12-15(24)5-7-16(14)17(18)8-10-21(19,22)2/h6,8-9,13-14,20-21,26H,5,7,10-12H2,1-4H3;5,7-8,12-13,18-19,23-24H,4,6,9-11H2,1-3H3/t14-,20-,21+,23+,24-;13-,18+,19-,21-,22+/m10/s1. The Morgan fingerprint density at radius 2 is 1.13 bits per heavy atom. The Hall–Kier alpha value is -3.71. The predicted octanol–water partition coefficient (Wildman–Crippen LogP) is 8.80. The van der Waals surface area contributed by atoms with Gasteiger partial charge in [-0.1, -0.05) is 52.0 Å². The van der Waals surface area contributed by atoms with E-state index in [9.17, 15) is 29.7 Å². The summed E-state index contributed by atoms with van der Waals surface area (Å²) in [6.07, 6.45) is 12.7. The summed E-state index contributed by atoms with van der Waals surface area (Å²) >= 11 is 0. The van der Waals surface area contributed by atoms with Gasteiger partial charge in [0.15, 0.2) is 17.7 Å². The van der Waals surface area contributed by atoms with Crippen LogP contribution in [0.3, 0.4) is 0 Å². The molecule has 0 aliphatic heterocycles. The molecule has 0 spiro atoms. The van der Waals surface area contributed by atoms with Gasteiger partial charge in [-0.2, -0.15) is 0 Å². The highest BCUT2D eigenvalue weighted by Crippen LogP contribution is 2.67. The van der Waals surface area contributed by atoms with Crippen molar-refractivity contribution in [2.24, 2.45) is 45.3 Å². The van der Waals surface area contributed by atoms with E-state index in [1.165, 1.54) is 40.3 Å². The molecule has 53 heavy (non-hydrogen) atoms. The van der Waals surface area contributed by atoms with Crippen molar-refractivity contribution in [2.75, 3.05) is 0 Å². The summed E-state index contributed by atoms with van der Waals surface area (Å²) < 4.78 is 5.25. The Bertz CT molecular complexity index is 1900. The molecule has 0 heterocycles. The van der Waals surface area contributed by atoms with E-state index in [4.69, 9.17) is 4.74 Å². The van der Waals surface area contributed by atoms with Gasteiger partial charge in [-0.3, -0.25) is 14.4 Å². The molecule has 7 nitrogen and oxygen atoms in total. The zero-order valence-electron chi connectivity index (χ0n) is 32.6. The lowest BCUT2D eigenvalue weighted by molar-refractivity contribution is -0.159. The van der Waals surface area contributed by atoms with Crippen LogP contribution >= 0.6 is 0 Å². The van der Waals surface area contributed by atoms with Gasteiger partial charge in [0.1, 0.15) is 17.6 Å². The molecule has 8 rings (SSSR count). The maximum Gasteiger partial charge on any atom is 0.303 e. The Balaban J connectivity index is 0.000000165. The summed E-state index contributed by atoms with van der Waals surface area (Å²) in [4.78, 5) is 37.5. The lowest BCUT2D eigenvalue weighted by Gasteiger charge is -2.50. The number of hydrogen-bond donors (Lipinski definition) is 3. The number of phenolic OH excluding ortho intramolecular Hbond substituents is 2. The van der Waals surface area contributed by atoms with E-state index < -0.39 is 29.0 Å². The average molecular weight is 723 g/mol. The van der Waals surface area contributed by atoms with E-state index in [1.54, 1.807) is 26.0 Å². The molecule has 3 N–H and O–H groups in total. The number of Topliss-reactive ketones (excluding diaryl/α,β-unsaturated/α-hetero) is 2. The third-order valence-corrected chi connectivity index (χ3v) is 15.8. The maximum atomic E-state index is 13.3. The van der Waals surface area contributed by atoms with Gasteiger partial charge in [-0.25, -0.2) is 0 Å². The fourth-order valence-corrected chi connectivity index (χ4v) is 12.5. The molecule has 2 aromatic carbocycles. The van der Waals surface area contributed by atoms with Crippen molar-refractivity contribution in [3.05, 3.63) is 70.8 Å². The summed E-state index contributed by atoms with van der Waals surface area (Å²) in [7, 11) is 0. The molecule has 6 aliphatic carbocycles. The first kappa shape index (κ1) is 37.6. The summed E-state index contributed by atoms with van der Waals surface area (Å²) in [5.41, 5.74) is 6.71. The number of ether oxygens (including phenoxy) is 1. The zero-order valence-corrected chi connectivity index (χ0v) is 32.6. The van der Waals surface area contributed by atoms with Crippen LogP contribution in [0.15, 0.2) is 48.6 Å². The first-order chi connectivity index (χ1) is 24.9. The van der Waals surface area contributed by atoms with Crippen LogP contribution in [0.1, 0.15) is 122 Å². The van der Waals surface area contributed by atoms with Crippen molar-refractivity contribution in [1.82, 2.24) is 0 Å². The van der Waals surface area contributed by atoms with Gasteiger partial charge in [0.05, 0.1) is 0 Å². The quantitative estimate of drug-likeness (QED) is 0.264. The molecular weight excluding hydrogens is 664 g/mol. The molecule has 2 aromatic rings. The Labute approximate surface area is 314 Å². The predicted molar refractivity (Wildman–Crippen MR) is 206 cm³/mol. The van der Waals surface area contributed by atoms with Gasteiger partial charge >= 0.3 is 5.97 Å². The van der Waals surface area contributed by atoms with Gasteiger partial charge < -0.3 is 20.1 Å². The molecule has 0 bridgehead atoms. The van der Waals surface area contributed by atoms with Gasteiger partial charge in [-0.15, -0.1) is 0 Å². The van der Waals surface area contributed by atoms with E-state index in [0.29, 0.717) is 35.2 Å². The minimum atomic E-state index is -0.888. The van der Waals surface area contributed by atoms with Crippen LogP contribution in [0.5, 0.6) is 11.5 Å². The molecule has 0 amide bonds. The van der Waals surface area contributed by atoms with Crippen molar-refractivity contribution >= 4 is 28.7 Å². The third-order valence-electron chi connectivity index (χ3n) is 15.8. The number of phenols is 2. The lowest BCUT2D eigenvalue weighted by atomic mass is 9.53. The lowest BCUT2D eigenvalue weighted by Crippen LogP contribution is -2.49. The third kappa shape index (κ3) is 5.74. The minimum Gasteiger partial charge on any atom is -0.508 e. The first-order valence-electron chi connectivity index (χ1n) is 19.9. The second kappa shape index (κ2) is 13.2. The number of ketones is 2. The Morgan fingerprint density at radius 1 is 0.698 bits per heavy atom. The van der Waals surface area contributed by atoms with Crippen LogP contribution < -0.4 is 0 Å². The van der Waals surface area contributed by atoms with E-state index in [1.807, 2.05) is 18.2 Å². The second-order valence-corrected chi connectivity index (χ2v) is 18.1. The summed E-state index contributed by atoms with van der Waals surface area (Å²) in [6.45, 7) is 13.4. The molecule has 6 aliphatic rings. The van der Waals surface area contributed by atoms with Gasteiger partial charge in [0.25, 0.3) is 0 Å².